The third-order valence-electron chi connectivity index (χ3n) is 10.6. The van der Waals surface area contributed by atoms with Crippen molar-refractivity contribution in [2.24, 2.45) is 7.05 Å². The molecule has 250 valence electrons. The Labute approximate surface area is 301 Å². The summed E-state index contributed by atoms with van der Waals surface area (Å²) in [5.74, 6) is 3.31. The first-order chi connectivity index (χ1) is 25.5. The summed E-state index contributed by atoms with van der Waals surface area (Å²) in [7, 11) is 2.05. The molecule has 1 aliphatic heterocycles. The first-order valence-electron chi connectivity index (χ1n) is 17.6. The number of rotatable bonds is 5. The van der Waals surface area contributed by atoms with Crippen molar-refractivity contribution in [2.75, 3.05) is 4.90 Å². The lowest BCUT2D eigenvalue weighted by atomic mass is 9.74. The SMILES string of the molecule is Cn1c(-c2cccc(Oc3cccc(N4c5cc6c7ccccc7n(-c7ccccc7)c6cc5C(C)(C)c5cccnc54)c3)c2)nc2ccccc21. The molecule has 0 saturated heterocycles. The van der Waals surface area contributed by atoms with E-state index in [1.54, 1.807) is 0 Å². The standard InChI is InChI=1S/C46H35N5O/c1-46(2)37-21-13-25-47-45(37)51(43-28-36-35-20-7-9-23-40(35)50(42(36)29-38(43)46)31-15-5-4-6-16-31)32-17-12-19-34(27-32)52-33-18-11-14-30(26-33)44-48-39-22-8-10-24-41(39)49(44)3/h4-29H,1-3H3. The highest BCUT2D eigenvalue weighted by Crippen LogP contribution is 2.53. The lowest BCUT2D eigenvalue weighted by molar-refractivity contribution is 0.483. The molecule has 52 heavy (non-hydrogen) atoms. The van der Waals surface area contributed by atoms with Crippen molar-refractivity contribution < 1.29 is 4.74 Å². The Kier molecular flexibility index (Phi) is 6.64. The summed E-state index contributed by atoms with van der Waals surface area (Å²) in [6, 6.07) is 53.0. The van der Waals surface area contributed by atoms with Crippen LogP contribution in [0.25, 0.3) is 49.9 Å². The molecule has 0 N–H and O–H groups in total. The number of aryl methyl sites for hydroxylation is 1. The van der Waals surface area contributed by atoms with Crippen molar-refractivity contribution in [1.29, 1.82) is 0 Å². The van der Waals surface area contributed by atoms with Crippen LogP contribution in [-0.4, -0.2) is 19.1 Å². The van der Waals surface area contributed by atoms with Crippen LogP contribution in [-0.2, 0) is 12.5 Å². The molecule has 0 spiro atoms. The van der Waals surface area contributed by atoms with Crippen LogP contribution in [0, 0.1) is 0 Å². The Hall–Kier alpha value is -6.66. The van der Waals surface area contributed by atoms with Crippen molar-refractivity contribution in [3.05, 3.63) is 169 Å². The average molecular weight is 674 g/mol. The highest BCUT2D eigenvalue weighted by Gasteiger charge is 2.38. The lowest BCUT2D eigenvalue weighted by Crippen LogP contribution is -2.31. The number of hydrogen-bond donors (Lipinski definition) is 0. The molecule has 6 heteroatoms. The second kappa shape index (κ2) is 11.4. The van der Waals surface area contributed by atoms with Gasteiger partial charge in [0, 0.05) is 52.3 Å². The fourth-order valence-corrected chi connectivity index (χ4v) is 8.05. The number of benzene rings is 6. The van der Waals surface area contributed by atoms with E-state index in [1.807, 2.05) is 48.7 Å². The van der Waals surface area contributed by atoms with Gasteiger partial charge in [0.1, 0.15) is 23.1 Å². The van der Waals surface area contributed by atoms with Gasteiger partial charge in [-0.05, 0) is 78.4 Å². The van der Waals surface area contributed by atoms with E-state index in [4.69, 9.17) is 14.7 Å². The summed E-state index contributed by atoms with van der Waals surface area (Å²) in [4.78, 5) is 12.2. The second-order valence-electron chi connectivity index (χ2n) is 14.0. The summed E-state index contributed by atoms with van der Waals surface area (Å²) in [5, 5.41) is 2.41. The molecule has 0 bridgehead atoms. The Morgan fingerprint density at radius 1 is 0.577 bits per heavy atom. The molecule has 1 aliphatic rings. The number of hydrogen-bond acceptors (Lipinski definition) is 4. The number of aromatic nitrogens is 4. The third-order valence-corrected chi connectivity index (χ3v) is 10.6. The molecule has 0 atom stereocenters. The van der Waals surface area contributed by atoms with E-state index in [9.17, 15) is 0 Å². The zero-order chi connectivity index (χ0) is 35.0. The smallest absolute Gasteiger partial charge is 0.141 e. The number of fused-ring (bicyclic) bond motifs is 6. The van der Waals surface area contributed by atoms with Gasteiger partial charge in [0.15, 0.2) is 0 Å². The second-order valence-corrected chi connectivity index (χ2v) is 14.0. The molecule has 6 nitrogen and oxygen atoms in total. The maximum atomic E-state index is 6.60. The third kappa shape index (κ3) is 4.57. The van der Waals surface area contributed by atoms with E-state index in [0.717, 1.165) is 56.8 Å². The van der Waals surface area contributed by atoms with Gasteiger partial charge in [0.05, 0.1) is 33.4 Å². The molecule has 3 aromatic heterocycles. The Morgan fingerprint density at radius 2 is 1.31 bits per heavy atom. The average Bonchev–Trinajstić information content (AvgIpc) is 3.69. The van der Waals surface area contributed by atoms with Crippen LogP contribution in [0.1, 0.15) is 25.0 Å². The highest BCUT2D eigenvalue weighted by molar-refractivity contribution is 6.11. The van der Waals surface area contributed by atoms with Gasteiger partial charge < -0.3 is 13.9 Å². The van der Waals surface area contributed by atoms with Crippen molar-refractivity contribution in [3.8, 4) is 28.6 Å². The monoisotopic (exact) mass is 673 g/mol. The number of para-hydroxylation sites is 4. The van der Waals surface area contributed by atoms with E-state index in [2.05, 4.69) is 144 Å². The molecule has 4 heterocycles. The molecule has 10 rings (SSSR count). The lowest BCUT2D eigenvalue weighted by Gasteiger charge is -2.41. The predicted octanol–water partition coefficient (Wildman–Crippen LogP) is 11.6. The number of ether oxygens (including phenoxy) is 1. The quantitative estimate of drug-likeness (QED) is 0.182. The number of anilines is 3. The van der Waals surface area contributed by atoms with Gasteiger partial charge in [0.2, 0.25) is 0 Å². The van der Waals surface area contributed by atoms with Gasteiger partial charge in [-0.25, -0.2) is 9.97 Å². The number of pyridine rings is 1. The van der Waals surface area contributed by atoms with Crippen LogP contribution < -0.4 is 9.64 Å². The van der Waals surface area contributed by atoms with Crippen LogP contribution in [0.5, 0.6) is 11.5 Å². The Balaban J connectivity index is 1.11. The zero-order valence-electron chi connectivity index (χ0n) is 29.2. The number of imidazole rings is 1. The van der Waals surface area contributed by atoms with Crippen LogP contribution in [0.15, 0.2) is 158 Å². The van der Waals surface area contributed by atoms with Crippen molar-refractivity contribution in [1.82, 2.24) is 19.1 Å². The van der Waals surface area contributed by atoms with Crippen molar-refractivity contribution >= 4 is 50.0 Å². The molecule has 0 aliphatic carbocycles. The first-order valence-corrected chi connectivity index (χ1v) is 17.6. The fraction of sp³-hybridized carbons (Fsp3) is 0.0870. The maximum absolute atomic E-state index is 6.60. The van der Waals surface area contributed by atoms with Crippen LogP contribution in [0.2, 0.25) is 0 Å². The molecular formula is C46H35N5O. The molecule has 0 amide bonds. The molecule has 9 aromatic rings. The predicted molar refractivity (Wildman–Crippen MR) is 212 cm³/mol. The molecule has 0 saturated carbocycles. The number of nitrogens with zero attached hydrogens (tertiary/aromatic N) is 5. The minimum atomic E-state index is -0.300. The summed E-state index contributed by atoms with van der Waals surface area (Å²) < 4.78 is 11.1. The van der Waals surface area contributed by atoms with Gasteiger partial charge in [0.25, 0.3) is 0 Å². The molecular weight excluding hydrogens is 639 g/mol. The first kappa shape index (κ1) is 30.2. The normalized spacial score (nSPS) is 13.4. The van der Waals surface area contributed by atoms with Crippen LogP contribution in [0.4, 0.5) is 17.2 Å². The van der Waals surface area contributed by atoms with Gasteiger partial charge in [-0.1, -0.05) is 86.6 Å². The van der Waals surface area contributed by atoms with Gasteiger partial charge in [-0.2, -0.15) is 0 Å². The minimum absolute atomic E-state index is 0.300. The van der Waals surface area contributed by atoms with E-state index in [1.165, 1.54) is 32.9 Å². The Morgan fingerprint density at radius 3 is 2.15 bits per heavy atom. The minimum Gasteiger partial charge on any atom is -0.457 e. The van der Waals surface area contributed by atoms with Crippen molar-refractivity contribution in [3.63, 3.8) is 0 Å². The Bertz CT molecular complexity index is 2830. The molecule has 0 unspecified atom stereocenters. The van der Waals surface area contributed by atoms with E-state index in [-0.39, 0.29) is 5.41 Å². The van der Waals surface area contributed by atoms with E-state index >= 15 is 0 Å². The fourth-order valence-electron chi connectivity index (χ4n) is 8.05. The summed E-state index contributed by atoms with van der Waals surface area (Å²) in [5.41, 5.74) is 10.8. The van der Waals surface area contributed by atoms with E-state index in [0.29, 0.717) is 0 Å². The molecule has 0 radical (unpaired) electrons. The van der Waals surface area contributed by atoms with Crippen LogP contribution in [0.3, 0.4) is 0 Å². The highest BCUT2D eigenvalue weighted by atomic mass is 16.5. The summed E-state index contributed by atoms with van der Waals surface area (Å²) in [6.45, 7) is 4.62. The maximum Gasteiger partial charge on any atom is 0.141 e. The van der Waals surface area contributed by atoms with Crippen LogP contribution >= 0.6 is 0 Å². The van der Waals surface area contributed by atoms with Crippen molar-refractivity contribution in [2.45, 2.75) is 19.3 Å². The molecule has 6 aromatic carbocycles. The topological polar surface area (TPSA) is 48.1 Å². The molecule has 0 fully saturated rings. The summed E-state index contributed by atoms with van der Waals surface area (Å²) >= 11 is 0. The van der Waals surface area contributed by atoms with E-state index < -0.39 is 0 Å². The van der Waals surface area contributed by atoms with Gasteiger partial charge >= 0.3 is 0 Å². The zero-order valence-corrected chi connectivity index (χ0v) is 29.2. The van der Waals surface area contributed by atoms with Gasteiger partial charge in [-0.3, -0.25) is 4.90 Å². The largest absolute Gasteiger partial charge is 0.457 e. The summed E-state index contributed by atoms with van der Waals surface area (Å²) in [6.07, 6.45) is 1.89. The van der Waals surface area contributed by atoms with Gasteiger partial charge in [-0.15, -0.1) is 0 Å².